The summed E-state index contributed by atoms with van der Waals surface area (Å²) in [5.74, 6) is 0.380. The Bertz CT molecular complexity index is 393. The average molecular weight is 207 g/mol. The van der Waals surface area contributed by atoms with Crippen molar-refractivity contribution in [2.24, 2.45) is 0 Å². The molecule has 0 radical (unpaired) electrons. The molecular formula is C6H6FNO2S2. The average Bonchev–Trinajstić information content (AvgIpc) is 2.66. The van der Waals surface area contributed by atoms with Crippen LogP contribution in [0.3, 0.4) is 0 Å². The van der Waals surface area contributed by atoms with Gasteiger partial charge in [-0.25, -0.2) is 4.98 Å². The van der Waals surface area contributed by atoms with Gasteiger partial charge in [0.2, 0.25) is 0 Å². The third-order valence-electron chi connectivity index (χ3n) is 1.67. The van der Waals surface area contributed by atoms with Crippen molar-refractivity contribution in [1.82, 2.24) is 4.98 Å². The fraction of sp³-hybridized carbons (Fsp3) is 0.500. The van der Waals surface area contributed by atoms with E-state index in [-0.39, 0.29) is 4.21 Å². The van der Waals surface area contributed by atoms with Gasteiger partial charge in [0, 0.05) is 5.92 Å². The lowest BCUT2D eigenvalue weighted by Gasteiger charge is -1.84. The van der Waals surface area contributed by atoms with Crippen molar-refractivity contribution < 1.29 is 12.3 Å². The predicted molar refractivity (Wildman–Crippen MR) is 42.4 cm³/mol. The SMILES string of the molecule is O=S(=O)(F)c1cnc(C2CC2)s1. The molecule has 6 heteroatoms. The van der Waals surface area contributed by atoms with Crippen LogP contribution in [0.1, 0.15) is 23.8 Å². The fourth-order valence-corrected chi connectivity index (χ4v) is 2.56. The van der Waals surface area contributed by atoms with Crippen LogP contribution in [0, 0.1) is 0 Å². The van der Waals surface area contributed by atoms with Gasteiger partial charge >= 0.3 is 10.2 Å². The zero-order valence-corrected chi connectivity index (χ0v) is 7.66. The van der Waals surface area contributed by atoms with Crippen molar-refractivity contribution in [3.63, 3.8) is 0 Å². The second-order valence-electron chi connectivity index (χ2n) is 2.73. The van der Waals surface area contributed by atoms with E-state index in [2.05, 4.69) is 4.98 Å². The molecule has 1 aromatic heterocycles. The monoisotopic (exact) mass is 207 g/mol. The van der Waals surface area contributed by atoms with Crippen molar-refractivity contribution in [3.05, 3.63) is 11.2 Å². The minimum absolute atomic E-state index is 0.274. The fourth-order valence-electron chi connectivity index (χ4n) is 0.904. The van der Waals surface area contributed by atoms with E-state index < -0.39 is 10.2 Å². The Hall–Kier alpha value is -0.490. The Morgan fingerprint density at radius 3 is 2.67 bits per heavy atom. The van der Waals surface area contributed by atoms with E-state index in [1.807, 2.05) is 0 Å². The lowest BCUT2D eigenvalue weighted by atomic mass is 10.5. The number of nitrogens with zero attached hydrogens (tertiary/aromatic N) is 1. The number of rotatable bonds is 2. The predicted octanol–water partition coefficient (Wildman–Crippen LogP) is 1.68. The molecule has 1 aliphatic carbocycles. The maximum Gasteiger partial charge on any atom is 0.343 e. The standard InChI is InChI=1S/C6H6FNO2S2/c7-12(9,10)5-3-8-6(11-5)4-1-2-4/h3-4H,1-2H2. The Balaban J connectivity index is 2.35. The molecule has 1 aliphatic rings. The summed E-state index contributed by atoms with van der Waals surface area (Å²) < 4.78 is 32.9. The minimum atomic E-state index is -4.53. The summed E-state index contributed by atoms with van der Waals surface area (Å²) in [6.07, 6.45) is 3.17. The van der Waals surface area contributed by atoms with E-state index in [4.69, 9.17) is 0 Å². The summed E-state index contributed by atoms with van der Waals surface area (Å²) in [5.41, 5.74) is 0. The summed E-state index contributed by atoms with van der Waals surface area (Å²) in [7, 11) is -4.53. The highest BCUT2D eigenvalue weighted by atomic mass is 32.3. The van der Waals surface area contributed by atoms with Crippen LogP contribution in [0.2, 0.25) is 0 Å². The number of aromatic nitrogens is 1. The van der Waals surface area contributed by atoms with E-state index in [1.165, 1.54) is 0 Å². The van der Waals surface area contributed by atoms with Crippen molar-refractivity contribution >= 4 is 21.6 Å². The van der Waals surface area contributed by atoms with Crippen LogP contribution in [0.5, 0.6) is 0 Å². The molecule has 0 unspecified atom stereocenters. The maximum atomic E-state index is 12.4. The second kappa shape index (κ2) is 2.50. The van der Waals surface area contributed by atoms with E-state index >= 15 is 0 Å². The van der Waals surface area contributed by atoms with Crippen molar-refractivity contribution in [2.45, 2.75) is 23.0 Å². The normalized spacial score (nSPS) is 18.1. The smallest absolute Gasteiger partial charge is 0.248 e. The molecule has 2 rings (SSSR count). The van der Waals surface area contributed by atoms with Gasteiger partial charge in [-0.3, -0.25) is 0 Å². The van der Waals surface area contributed by atoms with E-state index in [9.17, 15) is 12.3 Å². The third-order valence-corrected chi connectivity index (χ3v) is 4.06. The number of hydrogen-bond acceptors (Lipinski definition) is 4. The molecule has 1 saturated carbocycles. The first-order valence-corrected chi connectivity index (χ1v) is 5.68. The Morgan fingerprint density at radius 2 is 2.25 bits per heavy atom. The van der Waals surface area contributed by atoms with Crippen molar-refractivity contribution in [2.75, 3.05) is 0 Å². The van der Waals surface area contributed by atoms with Gasteiger partial charge in [0.15, 0.2) is 4.21 Å². The van der Waals surface area contributed by atoms with Gasteiger partial charge in [0.1, 0.15) is 0 Å². The third kappa shape index (κ3) is 1.49. The van der Waals surface area contributed by atoms with Crippen molar-refractivity contribution in [1.29, 1.82) is 0 Å². The summed E-state index contributed by atoms with van der Waals surface area (Å²) in [4.78, 5) is 3.84. The Kier molecular flexibility index (Phi) is 1.69. The lowest BCUT2D eigenvalue weighted by Crippen LogP contribution is -1.85. The van der Waals surface area contributed by atoms with Gasteiger partial charge in [0.25, 0.3) is 0 Å². The maximum absolute atomic E-state index is 12.4. The highest BCUT2D eigenvalue weighted by molar-refractivity contribution is 7.88. The van der Waals surface area contributed by atoms with Crippen LogP contribution in [0.25, 0.3) is 0 Å². The first-order valence-electron chi connectivity index (χ1n) is 3.48. The molecular weight excluding hydrogens is 201 g/mol. The van der Waals surface area contributed by atoms with Crippen LogP contribution in [0.15, 0.2) is 10.4 Å². The molecule has 1 aromatic rings. The van der Waals surface area contributed by atoms with Gasteiger partial charge < -0.3 is 0 Å². The zero-order valence-electron chi connectivity index (χ0n) is 6.03. The molecule has 0 N–H and O–H groups in total. The Labute approximate surface area is 73.5 Å². The summed E-state index contributed by atoms with van der Waals surface area (Å²) in [5, 5.41) is 0.742. The topological polar surface area (TPSA) is 47.0 Å². The molecule has 3 nitrogen and oxygen atoms in total. The molecule has 1 fully saturated rings. The molecule has 0 amide bonds. The number of hydrogen-bond donors (Lipinski definition) is 0. The Morgan fingerprint density at radius 1 is 1.58 bits per heavy atom. The molecule has 0 saturated heterocycles. The van der Waals surface area contributed by atoms with Gasteiger partial charge in [-0.1, -0.05) is 3.89 Å². The molecule has 0 bridgehead atoms. The number of thiazole rings is 1. The van der Waals surface area contributed by atoms with Gasteiger partial charge in [-0.15, -0.1) is 11.3 Å². The summed E-state index contributed by atoms with van der Waals surface area (Å²) in [6.45, 7) is 0. The summed E-state index contributed by atoms with van der Waals surface area (Å²) >= 11 is 0.936. The first kappa shape index (κ1) is 8.12. The highest BCUT2D eigenvalue weighted by Crippen LogP contribution is 2.42. The highest BCUT2D eigenvalue weighted by Gasteiger charge is 2.28. The molecule has 0 spiro atoms. The lowest BCUT2D eigenvalue weighted by molar-refractivity contribution is 0.554. The summed E-state index contributed by atoms with van der Waals surface area (Å²) in [6, 6.07) is 0. The van der Waals surface area contributed by atoms with E-state index in [0.29, 0.717) is 5.92 Å². The number of halogens is 1. The minimum Gasteiger partial charge on any atom is -0.248 e. The van der Waals surface area contributed by atoms with Crippen LogP contribution in [-0.4, -0.2) is 13.4 Å². The molecule has 0 aromatic carbocycles. The quantitative estimate of drug-likeness (QED) is 0.693. The van der Waals surface area contributed by atoms with Crippen LogP contribution in [0.4, 0.5) is 3.89 Å². The molecule has 12 heavy (non-hydrogen) atoms. The molecule has 66 valence electrons. The van der Waals surface area contributed by atoms with Crippen LogP contribution < -0.4 is 0 Å². The molecule has 0 aliphatic heterocycles. The van der Waals surface area contributed by atoms with Crippen molar-refractivity contribution in [3.8, 4) is 0 Å². The van der Waals surface area contributed by atoms with Crippen LogP contribution in [-0.2, 0) is 10.2 Å². The van der Waals surface area contributed by atoms with Crippen LogP contribution >= 0.6 is 11.3 Å². The molecule has 1 heterocycles. The second-order valence-corrected chi connectivity index (χ2v) is 5.37. The zero-order chi connectivity index (χ0) is 8.77. The van der Waals surface area contributed by atoms with E-state index in [1.54, 1.807) is 0 Å². The van der Waals surface area contributed by atoms with E-state index in [0.717, 1.165) is 35.4 Å². The largest absolute Gasteiger partial charge is 0.343 e. The van der Waals surface area contributed by atoms with Gasteiger partial charge in [-0.05, 0) is 12.8 Å². The van der Waals surface area contributed by atoms with Gasteiger partial charge in [-0.2, -0.15) is 8.42 Å². The molecule has 0 atom stereocenters. The first-order chi connectivity index (χ1) is 5.57. The van der Waals surface area contributed by atoms with Gasteiger partial charge in [0.05, 0.1) is 11.2 Å².